The molecule has 0 spiro atoms. The number of hydrogen-bond acceptors (Lipinski definition) is 5. The third kappa shape index (κ3) is 8.88. The van der Waals surface area contributed by atoms with Gasteiger partial charge in [0, 0.05) is 14.1 Å². The molecule has 0 fully saturated rings. The average molecular weight is 302 g/mol. The van der Waals surface area contributed by atoms with Crippen LogP contribution in [0.1, 0.15) is 32.6 Å². The Bertz CT molecular complexity index is 346. The highest BCUT2D eigenvalue weighted by molar-refractivity contribution is 5.85. The van der Waals surface area contributed by atoms with Crippen molar-refractivity contribution in [2.75, 3.05) is 40.9 Å². The Morgan fingerprint density at radius 3 is 2.19 bits per heavy atom. The van der Waals surface area contributed by atoms with Gasteiger partial charge in [-0.05, 0) is 6.42 Å². The van der Waals surface area contributed by atoms with Gasteiger partial charge < -0.3 is 19.3 Å². The molecule has 7 nitrogen and oxygen atoms in total. The van der Waals surface area contributed by atoms with Crippen molar-refractivity contribution in [2.24, 2.45) is 0 Å². The second kappa shape index (κ2) is 10.9. The van der Waals surface area contributed by atoms with Crippen molar-refractivity contribution in [3.8, 4) is 0 Å². The van der Waals surface area contributed by atoms with Gasteiger partial charge in [-0.1, -0.05) is 26.2 Å². The fourth-order valence-electron chi connectivity index (χ4n) is 1.59. The van der Waals surface area contributed by atoms with Crippen molar-refractivity contribution >= 4 is 18.0 Å². The first-order valence-electron chi connectivity index (χ1n) is 7.11. The van der Waals surface area contributed by atoms with Crippen LogP contribution >= 0.6 is 0 Å². The maximum Gasteiger partial charge on any atom is 0.409 e. The van der Waals surface area contributed by atoms with Crippen LogP contribution in [0.5, 0.6) is 0 Å². The van der Waals surface area contributed by atoms with Gasteiger partial charge in [0.1, 0.15) is 13.1 Å². The summed E-state index contributed by atoms with van der Waals surface area (Å²) < 4.78 is 9.53. The van der Waals surface area contributed by atoms with Crippen LogP contribution in [-0.2, 0) is 19.1 Å². The summed E-state index contributed by atoms with van der Waals surface area (Å²) in [4.78, 5) is 36.9. The summed E-state index contributed by atoms with van der Waals surface area (Å²) in [6, 6.07) is 0. The van der Waals surface area contributed by atoms with Gasteiger partial charge in [-0.2, -0.15) is 0 Å². The zero-order valence-corrected chi connectivity index (χ0v) is 13.4. The third-order valence-electron chi connectivity index (χ3n) is 2.91. The zero-order valence-electron chi connectivity index (χ0n) is 13.4. The number of hydrogen-bond donors (Lipinski definition) is 0. The van der Waals surface area contributed by atoms with Gasteiger partial charge >= 0.3 is 12.1 Å². The molecule has 0 aromatic carbocycles. The monoisotopic (exact) mass is 302 g/mol. The van der Waals surface area contributed by atoms with Crippen molar-refractivity contribution in [1.82, 2.24) is 9.80 Å². The van der Waals surface area contributed by atoms with Gasteiger partial charge in [0.15, 0.2) is 0 Å². The topological polar surface area (TPSA) is 76.2 Å². The standard InChI is InChI=1S/C14H26N2O5/c1-5-6-7-8-9-21-13(18)11-15(2)12(17)10-16(3)14(19)20-4/h5-11H2,1-4H3. The van der Waals surface area contributed by atoms with E-state index in [-0.39, 0.29) is 19.0 Å². The Labute approximate surface area is 126 Å². The van der Waals surface area contributed by atoms with Gasteiger partial charge in [-0.25, -0.2) is 4.79 Å². The number of nitrogens with zero attached hydrogens (tertiary/aromatic N) is 2. The summed E-state index contributed by atoms with van der Waals surface area (Å²) in [7, 11) is 4.18. The molecule has 0 aromatic rings. The largest absolute Gasteiger partial charge is 0.464 e. The van der Waals surface area contributed by atoms with Crippen LogP contribution in [0.2, 0.25) is 0 Å². The summed E-state index contributed by atoms with van der Waals surface area (Å²) in [5, 5.41) is 0. The Kier molecular flexibility index (Phi) is 10.0. The molecule has 0 saturated heterocycles. The van der Waals surface area contributed by atoms with Crippen LogP contribution in [0.15, 0.2) is 0 Å². The average Bonchev–Trinajstić information content (AvgIpc) is 2.45. The number of methoxy groups -OCH3 is 1. The molecule has 0 bridgehead atoms. The zero-order chi connectivity index (χ0) is 16.3. The van der Waals surface area contributed by atoms with Crippen LogP contribution in [0, 0.1) is 0 Å². The summed E-state index contributed by atoms with van der Waals surface area (Å²) >= 11 is 0. The van der Waals surface area contributed by atoms with E-state index in [0.717, 1.165) is 30.6 Å². The number of carbonyl (C=O) groups excluding carboxylic acids is 3. The molecule has 21 heavy (non-hydrogen) atoms. The molecular formula is C14H26N2O5. The maximum atomic E-state index is 11.8. The molecule has 0 aliphatic rings. The van der Waals surface area contributed by atoms with E-state index in [0.29, 0.717) is 6.61 Å². The number of rotatable bonds is 9. The normalized spacial score (nSPS) is 9.90. The molecule has 0 aromatic heterocycles. The fourth-order valence-corrected chi connectivity index (χ4v) is 1.59. The fraction of sp³-hybridized carbons (Fsp3) is 0.786. The highest BCUT2D eigenvalue weighted by Crippen LogP contribution is 1.99. The van der Waals surface area contributed by atoms with Crippen LogP contribution < -0.4 is 0 Å². The second-order valence-electron chi connectivity index (χ2n) is 4.86. The van der Waals surface area contributed by atoms with Crippen LogP contribution in [0.3, 0.4) is 0 Å². The summed E-state index contributed by atoms with van der Waals surface area (Å²) in [6.07, 6.45) is 3.51. The van der Waals surface area contributed by atoms with Gasteiger partial charge in [0.2, 0.25) is 5.91 Å². The Balaban J connectivity index is 3.94. The molecule has 0 atom stereocenters. The molecule has 0 saturated carbocycles. The highest BCUT2D eigenvalue weighted by Gasteiger charge is 2.18. The van der Waals surface area contributed by atoms with E-state index < -0.39 is 12.1 Å². The van der Waals surface area contributed by atoms with E-state index in [4.69, 9.17) is 4.74 Å². The number of ether oxygens (including phenoxy) is 2. The quantitative estimate of drug-likeness (QED) is 0.473. The van der Waals surface area contributed by atoms with E-state index >= 15 is 0 Å². The molecule has 0 rings (SSSR count). The van der Waals surface area contributed by atoms with E-state index in [9.17, 15) is 14.4 Å². The van der Waals surface area contributed by atoms with Crippen LogP contribution in [0.4, 0.5) is 4.79 Å². The first-order chi connectivity index (χ1) is 9.92. The Morgan fingerprint density at radius 2 is 1.62 bits per heavy atom. The van der Waals surface area contributed by atoms with Crippen molar-refractivity contribution in [3.63, 3.8) is 0 Å². The predicted molar refractivity (Wildman–Crippen MR) is 77.8 cm³/mol. The molecule has 7 heteroatoms. The molecule has 0 heterocycles. The first-order valence-corrected chi connectivity index (χ1v) is 7.11. The Morgan fingerprint density at radius 1 is 0.952 bits per heavy atom. The SMILES string of the molecule is CCCCCCOC(=O)CN(C)C(=O)CN(C)C(=O)OC. The number of esters is 1. The van der Waals surface area contributed by atoms with Crippen molar-refractivity contribution in [1.29, 1.82) is 0 Å². The minimum absolute atomic E-state index is 0.123. The van der Waals surface area contributed by atoms with Gasteiger partial charge in [0.05, 0.1) is 13.7 Å². The van der Waals surface area contributed by atoms with Crippen LogP contribution in [0.25, 0.3) is 0 Å². The number of amides is 2. The Hall–Kier alpha value is -1.79. The molecule has 0 unspecified atom stereocenters. The van der Waals surface area contributed by atoms with Gasteiger partial charge in [-0.15, -0.1) is 0 Å². The molecule has 122 valence electrons. The summed E-state index contributed by atoms with van der Waals surface area (Å²) in [6.45, 7) is 2.22. The third-order valence-corrected chi connectivity index (χ3v) is 2.91. The predicted octanol–water partition coefficient (Wildman–Crippen LogP) is 1.27. The lowest BCUT2D eigenvalue weighted by atomic mass is 10.2. The van der Waals surface area contributed by atoms with E-state index in [1.54, 1.807) is 0 Å². The lowest BCUT2D eigenvalue weighted by molar-refractivity contribution is -0.148. The first kappa shape index (κ1) is 19.2. The number of likely N-dealkylation sites (N-methyl/N-ethyl adjacent to an activating group) is 2. The summed E-state index contributed by atoms with van der Waals surface area (Å²) in [5.74, 6) is -0.797. The second-order valence-corrected chi connectivity index (χ2v) is 4.86. The molecule has 0 aliphatic heterocycles. The molecule has 0 radical (unpaired) electrons. The van der Waals surface area contributed by atoms with E-state index in [2.05, 4.69) is 11.7 Å². The lowest BCUT2D eigenvalue weighted by Gasteiger charge is -2.20. The maximum absolute atomic E-state index is 11.8. The minimum atomic E-state index is -0.602. The van der Waals surface area contributed by atoms with Gasteiger partial charge in [-0.3, -0.25) is 9.59 Å². The smallest absolute Gasteiger partial charge is 0.409 e. The van der Waals surface area contributed by atoms with Crippen molar-refractivity contribution < 1.29 is 23.9 Å². The van der Waals surface area contributed by atoms with E-state index in [1.165, 1.54) is 26.1 Å². The van der Waals surface area contributed by atoms with Crippen LogP contribution in [-0.4, -0.2) is 68.7 Å². The molecule has 2 amide bonds. The number of unbranched alkanes of at least 4 members (excludes halogenated alkanes) is 3. The lowest BCUT2D eigenvalue weighted by Crippen LogP contribution is -2.41. The molecule has 0 N–H and O–H groups in total. The minimum Gasteiger partial charge on any atom is -0.464 e. The molecule has 0 aliphatic carbocycles. The van der Waals surface area contributed by atoms with Crippen molar-refractivity contribution in [3.05, 3.63) is 0 Å². The van der Waals surface area contributed by atoms with E-state index in [1.807, 2.05) is 0 Å². The number of carbonyl (C=O) groups is 3. The molecular weight excluding hydrogens is 276 g/mol. The van der Waals surface area contributed by atoms with Gasteiger partial charge in [0.25, 0.3) is 0 Å². The summed E-state index contributed by atoms with van der Waals surface area (Å²) in [5.41, 5.74) is 0. The highest BCUT2D eigenvalue weighted by atomic mass is 16.5. The van der Waals surface area contributed by atoms with Crippen molar-refractivity contribution in [2.45, 2.75) is 32.6 Å².